The Morgan fingerprint density at radius 2 is 2.13 bits per heavy atom. The highest BCUT2D eigenvalue weighted by atomic mass is 16.5. The van der Waals surface area contributed by atoms with Crippen molar-refractivity contribution in [3.05, 3.63) is 46.8 Å². The molecular formula is C18H24N2O3. The monoisotopic (exact) mass is 316 g/mol. The molecule has 124 valence electrons. The number of benzene rings is 1. The van der Waals surface area contributed by atoms with E-state index in [1.165, 1.54) is 0 Å². The molecule has 1 N–H and O–H groups in total. The van der Waals surface area contributed by atoms with Crippen LogP contribution in [0.25, 0.3) is 0 Å². The van der Waals surface area contributed by atoms with Crippen molar-refractivity contribution >= 4 is 5.91 Å². The molecule has 0 bridgehead atoms. The number of aryl methyl sites for hydroxylation is 2. The summed E-state index contributed by atoms with van der Waals surface area (Å²) < 4.78 is 10.9. The average molecular weight is 316 g/mol. The second kappa shape index (κ2) is 7.81. The third kappa shape index (κ3) is 4.84. The molecule has 0 fully saturated rings. The first kappa shape index (κ1) is 17.1. The van der Waals surface area contributed by atoms with Crippen molar-refractivity contribution in [1.82, 2.24) is 10.5 Å². The first-order valence-electron chi connectivity index (χ1n) is 7.90. The van der Waals surface area contributed by atoms with Crippen LogP contribution in [-0.2, 0) is 6.61 Å². The molecule has 23 heavy (non-hydrogen) atoms. The Labute approximate surface area is 137 Å². The van der Waals surface area contributed by atoms with Crippen molar-refractivity contribution in [2.75, 3.05) is 6.54 Å². The van der Waals surface area contributed by atoms with Crippen LogP contribution in [0, 0.1) is 19.8 Å². The molecule has 0 radical (unpaired) electrons. The van der Waals surface area contributed by atoms with Crippen LogP contribution >= 0.6 is 0 Å². The molecule has 2 aromatic rings. The second-order valence-corrected chi connectivity index (χ2v) is 6.06. The minimum absolute atomic E-state index is 0.0755. The van der Waals surface area contributed by atoms with E-state index in [1.54, 1.807) is 12.1 Å². The van der Waals surface area contributed by atoms with E-state index in [0.717, 1.165) is 23.4 Å². The van der Waals surface area contributed by atoms with Crippen LogP contribution in [0.5, 0.6) is 5.75 Å². The van der Waals surface area contributed by atoms with E-state index in [9.17, 15) is 4.79 Å². The van der Waals surface area contributed by atoms with Gasteiger partial charge in [0.1, 0.15) is 18.1 Å². The SMILES string of the molecule is Cc1noc(C)c1COc1cccc(C(=O)NCCC(C)C)c1. The van der Waals surface area contributed by atoms with Gasteiger partial charge < -0.3 is 14.6 Å². The van der Waals surface area contributed by atoms with E-state index in [0.29, 0.717) is 30.4 Å². The molecule has 5 heteroatoms. The zero-order valence-corrected chi connectivity index (χ0v) is 14.2. The third-order valence-corrected chi connectivity index (χ3v) is 3.67. The van der Waals surface area contributed by atoms with Gasteiger partial charge in [0, 0.05) is 12.1 Å². The van der Waals surface area contributed by atoms with E-state index in [2.05, 4.69) is 24.3 Å². The quantitative estimate of drug-likeness (QED) is 0.847. The standard InChI is InChI=1S/C18H24N2O3/c1-12(2)8-9-19-18(21)15-6-5-7-16(10-15)22-11-17-13(3)20-23-14(17)4/h5-7,10,12H,8-9,11H2,1-4H3,(H,19,21). The van der Waals surface area contributed by atoms with Gasteiger partial charge in [0.2, 0.25) is 0 Å². The second-order valence-electron chi connectivity index (χ2n) is 6.06. The number of nitrogens with zero attached hydrogens (tertiary/aromatic N) is 1. The Bertz CT molecular complexity index is 643. The van der Waals surface area contributed by atoms with Gasteiger partial charge in [-0.05, 0) is 44.4 Å². The fraction of sp³-hybridized carbons (Fsp3) is 0.444. The van der Waals surface area contributed by atoms with Crippen molar-refractivity contribution in [2.24, 2.45) is 5.92 Å². The van der Waals surface area contributed by atoms with Gasteiger partial charge in [0.05, 0.1) is 11.3 Å². The van der Waals surface area contributed by atoms with Gasteiger partial charge in [-0.2, -0.15) is 0 Å². The van der Waals surface area contributed by atoms with Crippen molar-refractivity contribution in [3.63, 3.8) is 0 Å². The molecule has 0 saturated heterocycles. The number of amides is 1. The van der Waals surface area contributed by atoms with Crippen LogP contribution in [0.15, 0.2) is 28.8 Å². The molecular weight excluding hydrogens is 292 g/mol. The van der Waals surface area contributed by atoms with Crippen molar-refractivity contribution in [1.29, 1.82) is 0 Å². The highest BCUT2D eigenvalue weighted by molar-refractivity contribution is 5.94. The number of carbonyl (C=O) groups excluding carboxylic acids is 1. The van der Waals surface area contributed by atoms with E-state index >= 15 is 0 Å². The Morgan fingerprint density at radius 1 is 1.35 bits per heavy atom. The fourth-order valence-electron chi connectivity index (χ4n) is 2.17. The molecule has 1 aromatic carbocycles. The summed E-state index contributed by atoms with van der Waals surface area (Å²) in [6.07, 6.45) is 0.966. The zero-order valence-electron chi connectivity index (χ0n) is 14.2. The summed E-state index contributed by atoms with van der Waals surface area (Å²) in [6.45, 7) is 9.07. The summed E-state index contributed by atoms with van der Waals surface area (Å²) in [5.41, 5.74) is 2.37. The van der Waals surface area contributed by atoms with Crippen LogP contribution < -0.4 is 10.1 Å². The van der Waals surface area contributed by atoms with E-state index in [-0.39, 0.29) is 5.91 Å². The number of carbonyl (C=O) groups is 1. The van der Waals surface area contributed by atoms with Crippen LogP contribution in [-0.4, -0.2) is 17.6 Å². The number of rotatable bonds is 7. The summed E-state index contributed by atoms with van der Waals surface area (Å²) in [5.74, 6) is 1.90. The summed E-state index contributed by atoms with van der Waals surface area (Å²) in [7, 11) is 0. The highest BCUT2D eigenvalue weighted by Crippen LogP contribution is 2.18. The lowest BCUT2D eigenvalue weighted by Gasteiger charge is -2.09. The molecule has 0 aliphatic carbocycles. The van der Waals surface area contributed by atoms with Crippen molar-refractivity contribution in [2.45, 2.75) is 40.7 Å². The topological polar surface area (TPSA) is 64.4 Å². The molecule has 5 nitrogen and oxygen atoms in total. The Balaban J connectivity index is 1.95. The van der Waals surface area contributed by atoms with Gasteiger partial charge in [0.15, 0.2) is 0 Å². The number of hydrogen-bond acceptors (Lipinski definition) is 4. The number of aromatic nitrogens is 1. The third-order valence-electron chi connectivity index (χ3n) is 3.67. The molecule has 1 heterocycles. The predicted octanol–water partition coefficient (Wildman–Crippen LogP) is 3.65. The van der Waals surface area contributed by atoms with Gasteiger partial charge in [-0.3, -0.25) is 4.79 Å². The summed E-state index contributed by atoms with van der Waals surface area (Å²) in [4.78, 5) is 12.1. The Morgan fingerprint density at radius 3 is 2.78 bits per heavy atom. The highest BCUT2D eigenvalue weighted by Gasteiger charge is 2.11. The van der Waals surface area contributed by atoms with Gasteiger partial charge in [-0.1, -0.05) is 25.1 Å². The molecule has 1 amide bonds. The molecule has 0 atom stereocenters. The van der Waals surface area contributed by atoms with Crippen molar-refractivity contribution < 1.29 is 14.1 Å². The molecule has 0 saturated carbocycles. The normalized spacial score (nSPS) is 10.8. The van der Waals surface area contributed by atoms with Crippen LogP contribution in [0.4, 0.5) is 0 Å². The van der Waals surface area contributed by atoms with Gasteiger partial charge in [-0.25, -0.2) is 0 Å². The van der Waals surface area contributed by atoms with Crippen LogP contribution in [0.2, 0.25) is 0 Å². The van der Waals surface area contributed by atoms with Gasteiger partial charge in [-0.15, -0.1) is 0 Å². The largest absolute Gasteiger partial charge is 0.489 e. The fourth-order valence-corrected chi connectivity index (χ4v) is 2.17. The summed E-state index contributed by atoms with van der Waals surface area (Å²) in [5, 5.41) is 6.83. The van der Waals surface area contributed by atoms with E-state index < -0.39 is 0 Å². The molecule has 0 aliphatic heterocycles. The maximum atomic E-state index is 12.1. The Kier molecular flexibility index (Phi) is 5.79. The molecule has 0 aliphatic rings. The summed E-state index contributed by atoms with van der Waals surface area (Å²) >= 11 is 0. The lowest BCUT2D eigenvalue weighted by molar-refractivity contribution is 0.0951. The number of nitrogens with one attached hydrogen (secondary N) is 1. The van der Waals surface area contributed by atoms with Crippen LogP contribution in [0.3, 0.4) is 0 Å². The van der Waals surface area contributed by atoms with Crippen LogP contribution in [0.1, 0.15) is 47.6 Å². The maximum Gasteiger partial charge on any atom is 0.251 e. The minimum atomic E-state index is -0.0755. The average Bonchev–Trinajstić information content (AvgIpc) is 2.84. The number of hydrogen-bond donors (Lipinski definition) is 1. The lowest BCUT2D eigenvalue weighted by atomic mass is 10.1. The van der Waals surface area contributed by atoms with Crippen molar-refractivity contribution in [3.8, 4) is 5.75 Å². The smallest absolute Gasteiger partial charge is 0.251 e. The predicted molar refractivity (Wildman–Crippen MR) is 88.5 cm³/mol. The molecule has 1 aromatic heterocycles. The maximum absolute atomic E-state index is 12.1. The molecule has 2 rings (SSSR count). The molecule has 0 unspecified atom stereocenters. The number of ether oxygens (including phenoxy) is 1. The van der Waals surface area contributed by atoms with E-state index in [1.807, 2.05) is 26.0 Å². The minimum Gasteiger partial charge on any atom is -0.489 e. The van der Waals surface area contributed by atoms with E-state index in [4.69, 9.17) is 9.26 Å². The summed E-state index contributed by atoms with van der Waals surface area (Å²) in [6, 6.07) is 7.19. The van der Waals surface area contributed by atoms with Gasteiger partial charge >= 0.3 is 0 Å². The first-order valence-corrected chi connectivity index (χ1v) is 7.90. The Hall–Kier alpha value is -2.30. The molecule has 0 spiro atoms. The first-order chi connectivity index (χ1) is 11.0. The zero-order chi connectivity index (χ0) is 16.8. The lowest BCUT2D eigenvalue weighted by Crippen LogP contribution is -2.25. The van der Waals surface area contributed by atoms with Gasteiger partial charge in [0.25, 0.3) is 5.91 Å².